The van der Waals surface area contributed by atoms with E-state index in [1.54, 1.807) is 36.7 Å². The van der Waals surface area contributed by atoms with E-state index < -0.39 is 0 Å². The molecule has 1 aromatic heterocycles. The molecular weight excluding hydrogens is 286 g/mol. The van der Waals surface area contributed by atoms with Gasteiger partial charge in [0.15, 0.2) is 0 Å². The lowest BCUT2D eigenvalue weighted by Crippen LogP contribution is -2.12. The van der Waals surface area contributed by atoms with E-state index in [1.165, 1.54) is 0 Å². The monoisotopic (exact) mass is 297 g/mol. The highest BCUT2D eigenvalue weighted by Crippen LogP contribution is 2.16. The van der Waals surface area contributed by atoms with E-state index in [9.17, 15) is 4.79 Å². The zero-order chi connectivity index (χ0) is 14.7. The lowest BCUT2D eigenvalue weighted by atomic mass is 10.1. The molecule has 0 atom stereocenters. The Hall–Kier alpha value is -2.46. The number of hydrogen-bond donors (Lipinski definition) is 1. The van der Waals surface area contributed by atoms with Gasteiger partial charge < -0.3 is 5.32 Å². The first-order valence-corrected chi connectivity index (χ1v) is 6.97. The van der Waals surface area contributed by atoms with Crippen LogP contribution in [0, 0.1) is 0 Å². The fourth-order valence-electron chi connectivity index (χ4n) is 2.04. The normalized spacial score (nSPS) is 10.5. The highest BCUT2D eigenvalue weighted by Gasteiger charge is 2.07. The van der Waals surface area contributed by atoms with Crippen LogP contribution in [0.25, 0.3) is 11.0 Å². The number of halogens is 1. The van der Waals surface area contributed by atoms with Crippen LogP contribution in [0.5, 0.6) is 0 Å². The minimum Gasteiger partial charge on any atom is -0.322 e. The van der Waals surface area contributed by atoms with Crippen LogP contribution < -0.4 is 5.32 Å². The predicted molar refractivity (Wildman–Crippen MR) is 83.5 cm³/mol. The van der Waals surface area contributed by atoms with E-state index in [0.717, 1.165) is 16.6 Å². The van der Waals surface area contributed by atoms with Gasteiger partial charge in [-0.15, -0.1) is 11.6 Å². The van der Waals surface area contributed by atoms with E-state index in [-0.39, 0.29) is 5.91 Å². The zero-order valence-electron chi connectivity index (χ0n) is 11.1. The molecule has 0 saturated carbocycles. The first kappa shape index (κ1) is 13.5. The Morgan fingerprint density at radius 3 is 2.67 bits per heavy atom. The molecular formula is C16H12ClN3O. The molecule has 5 heteroatoms. The molecule has 0 aliphatic heterocycles. The molecule has 104 valence electrons. The standard InChI is InChI=1S/C16H12ClN3O/c17-10-11-2-1-3-12(8-11)16(21)20-13-4-5-14-15(9-13)19-7-6-18-14/h1-9H,10H2,(H,20,21). The number of aromatic nitrogens is 2. The molecule has 1 N–H and O–H groups in total. The SMILES string of the molecule is O=C(Nc1ccc2nccnc2c1)c1cccc(CCl)c1. The molecule has 1 heterocycles. The van der Waals surface area contributed by atoms with Gasteiger partial charge in [-0.2, -0.15) is 0 Å². The number of hydrogen-bond acceptors (Lipinski definition) is 3. The third kappa shape index (κ3) is 3.01. The minimum absolute atomic E-state index is 0.176. The molecule has 0 unspecified atom stereocenters. The maximum absolute atomic E-state index is 12.2. The van der Waals surface area contributed by atoms with Crippen LogP contribution in [-0.4, -0.2) is 15.9 Å². The average Bonchev–Trinajstić information content (AvgIpc) is 2.54. The summed E-state index contributed by atoms with van der Waals surface area (Å²) in [5.41, 5.74) is 3.70. The minimum atomic E-state index is -0.176. The van der Waals surface area contributed by atoms with Gasteiger partial charge in [0.25, 0.3) is 5.91 Å². The second-order valence-corrected chi connectivity index (χ2v) is 4.82. The second-order valence-electron chi connectivity index (χ2n) is 4.55. The Morgan fingerprint density at radius 2 is 1.86 bits per heavy atom. The van der Waals surface area contributed by atoms with Crippen LogP contribution in [0.2, 0.25) is 0 Å². The van der Waals surface area contributed by atoms with Crippen molar-refractivity contribution in [1.29, 1.82) is 0 Å². The van der Waals surface area contributed by atoms with Gasteiger partial charge in [-0.1, -0.05) is 12.1 Å². The van der Waals surface area contributed by atoms with E-state index >= 15 is 0 Å². The summed E-state index contributed by atoms with van der Waals surface area (Å²) in [5.74, 6) is 0.206. The average molecular weight is 298 g/mol. The Bertz CT molecular complexity index is 804. The van der Waals surface area contributed by atoms with Crippen LogP contribution in [0.15, 0.2) is 54.9 Å². The molecule has 2 aromatic carbocycles. The van der Waals surface area contributed by atoms with Gasteiger partial charge in [-0.3, -0.25) is 14.8 Å². The number of amides is 1. The summed E-state index contributed by atoms with van der Waals surface area (Å²) in [6, 6.07) is 12.7. The number of alkyl halides is 1. The number of carbonyl (C=O) groups is 1. The highest BCUT2D eigenvalue weighted by molar-refractivity contribution is 6.17. The maximum atomic E-state index is 12.2. The number of anilines is 1. The van der Waals surface area contributed by atoms with Crippen molar-refractivity contribution in [2.45, 2.75) is 5.88 Å². The van der Waals surface area contributed by atoms with Crippen molar-refractivity contribution in [1.82, 2.24) is 9.97 Å². The van der Waals surface area contributed by atoms with Gasteiger partial charge in [-0.05, 0) is 35.9 Å². The van der Waals surface area contributed by atoms with Gasteiger partial charge >= 0.3 is 0 Å². The lowest BCUT2D eigenvalue weighted by Gasteiger charge is -2.07. The van der Waals surface area contributed by atoms with Crippen LogP contribution >= 0.6 is 11.6 Å². The molecule has 0 radical (unpaired) electrons. The van der Waals surface area contributed by atoms with Gasteiger partial charge in [0, 0.05) is 29.5 Å². The fourth-order valence-corrected chi connectivity index (χ4v) is 2.21. The van der Waals surface area contributed by atoms with Crippen molar-refractivity contribution in [2.24, 2.45) is 0 Å². The number of rotatable bonds is 3. The quantitative estimate of drug-likeness (QED) is 0.751. The molecule has 0 bridgehead atoms. The molecule has 0 fully saturated rings. The Labute approximate surface area is 126 Å². The van der Waals surface area contributed by atoms with Gasteiger partial charge in [0.1, 0.15) is 0 Å². The van der Waals surface area contributed by atoms with Crippen molar-refractivity contribution in [2.75, 3.05) is 5.32 Å². The van der Waals surface area contributed by atoms with Crippen molar-refractivity contribution < 1.29 is 4.79 Å². The molecule has 3 rings (SSSR count). The van der Waals surface area contributed by atoms with Gasteiger partial charge in [0.2, 0.25) is 0 Å². The summed E-state index contributed by atoms with van der Waals surface area (Å²) < 4.78 is 0. The van der Waals surface area contributed by atoms with E-state index in [0.29, 0.717) is 17.1 Å². The summed E-state index contributed by atoms with van der Waals surface area (Å²) in [5, 5.41) is 2.85. The first-order valence-electron chi connectivity index (χ1n) is 6.43. The molecule has 1 amide bonds. The predicted octanol–water partition coefficient (Wildman–Crippen LogP) is 3.62. The molecule has 3 aromatic rings. The Balaban J connectivity index is 1.85. The largest absolute Gasteiger partial charge is 0.322 e. The Kier molecular flexibility index (Phi) is 3.79. The van der Waals surface area contributed by atoms with E-state index in [1.807, 2.05) is 18.2 Å². The summed E-state index contributed by atoms with van der Waals surface area (Å²) in [7, 11) is 0. The van der Waals surface area contributed by atoms with E-state index in [2.05, 4.69) is 15.3 Å². The zero-order valence-corrected chi connectivity index (χ0v) is 11.8. The number of fused-ring (bicyclic) bond motifs is 1. The van der Waals surface area contributed by atoms with Crippen molar-refractivity contribution in [3.8, 4) is 0 Å². The van der Waals surface area contributed by atoms with Crippen molar-refractivity contribution in [3.63, 3.8) is 0 Å². The second kappa shape index (κ2) is 5.89. The van der Waals surface area contributed by atoms with Crippen LogP contribution in [0.1, 0.15) is 15.9 Å². The Morgan fingerprint density at radius 1 is 1.05 bits per heavy atom. The lowest BCUT2D eigenvalue weighted by molar-refractivity contribution is 0.102. The van der Waals surface area contributed by atoms with E-state index in [4.69, 9.17) is 11.6 Å². The third-order valence-corrected chi connectivity index (χ3v) is 3.38. The highest BCUT2D eigenvalue weighted by atomic mass is 35.5. The molecule has 0 aliphatic rings. The topological polar surface area (TPSA) is 54.9 Å². The first-order chi connectivity index (χ1) is 10.3. The maximum Gasteiger partial charge on any atom is 0.255 e. The molecule has 0 aliphatic carbocycles. The van der Waals surface area contributed by atoms with Crippen LogP contribution in [0.3, 0.4) is 0 Å². The van der Waals surface area contributed by atoms with Gasteiger partial charge in [0.05, 0.1) is 11.0 Å². The number of benzene rings is 2. The molecule has 21 heavy (non-hydrogen) atoms. The van der Waals surface area contributed by atoms with Crippen LogP contribution in [0.4, 0.5) is 5.69 Å². The van der Waals surface area contributed by atoms with Crippen molar-refractivity contribution >= 4 is 34.2 Å². The molecule has 0 spiro atoms. The molecule has 0 saturated heterocycles. The van der Waals surface area contributed by atoms with Gasteiger partial charge in [-0.25, -0.2) is 0 Å². The smallest absolute Gasteiger partial charge is 0.255 e. The number of carbonyl (C=O) groups excluding carboxylic acids is 1. The fraction of sp³-hybridized carbons (Fsp3) is 0.0625. The summed E-state index contributed by atoms with van der Waals surface area (Å²) in [6.07, 6.45) is 3.26. The number of nitrogens with one attached hydrogen (secondary N) is 1. The summed E-state index contributed by atoms with van der Waals surface area (Å²) >= 11 is 5.78. The number of nitrogens with zero attached hydrogens (tertiary/aromatic N) is 2. The summed E-state index contributed by atoms with van der Waals surface area (Å²) in [6.45, 7) is 0. The summed E-state index contributed by atoms with van der Waals surface area (Å²) in [4.78, 5) is 20.6. The molecule has 4 nitrogen and oxygen atoms in total. The van der Waals surface area contributed by atoms with Crippen molar-refractivity contribution in [3.05, 3.63) is 66.0 Å². The van der Waals surface area contributed by atoms with Crippen LogP contribution in [-0.2, 0) is 5.88 Å². The third-order valence-electron chi connectivity index (χ3n) is 3.07.